The summed E-state index contributed by atoms with van der Waals surface area (Å²) in [6.07, 6.45) is -3.14. The lowest BCUT2D eigenvalue weighted by Crippen LogP contribution is -2.46. The summed E-state index contributed by atoms with van der Waals surface area (Å²) in [6, 6.07) is 2.91. The zero-order chi connectivity index (χ0) is 15.8. The van der Waals surface area contributed by atoms with E-state index in [0.29, 0.717) is 5.56 Å². The van der Waals surface area contributed by atoms with E-state index in [9.17, 15) is 20.1 Å². The van der Waals surface area contributed by atoms with E-state index in [1.54, 1.807) is 0 Å². The van der Waals surface area contributed by atoms with Gasteiger partial charge in [-0.05, 0) is 12.1 Å². The number of carbonyl (C=O) groups excluding carboxylic acids is 1. The summed E-state index contributed by atoms with van der Waals surface area (Å²) in [6.45, 7) is -0.777. The molecular formula is C12H17N3O6. The Bertz CT molecular complexity index is 469. The number of pyridine rings is 1. The second-order valence-electron chi connectivity index (χ2n) is 4.18. The number of hydrazone groups is 1. The van der Waals surface area contributed by atoms with Crippen molar-refractivity contribution in [2.24, 2.45) is 5.10 Å². The molecule has 0 saturated carbocycles. The van der Waals surface area contributed by atoms with Crippen LogP contribution in [0.2, 0.25) is 0 Å². The van der Waals surface area contributed by atoms with Gasteiger partial charge in [-0.3, -0.25) is 9.78 Å². The van der Waals surface area contributed by atoms with Crippen molar-refractivity contribution in [1.82, 2.24) is 10.4 Å². The first-order valence-corrected chi connectivity index (χ1v) is 6.04. The van der Waals surface area contributed by atoms with Crippen LogP contribution in [0.4, 0.5) is 0 Å². The first kappa shape index (κ1) is 17.1. The number of aliphatic hydroxyl groups is 5. The molecule has 0 aromatic carbocycles. The second-order valence-corrected chi connectivity index (χ2v) is 4.18. The smallest absolute Gasteiger partial charge is 0.271 e. The average Bonchev–Trinajstić information content (AvgIpc) is 2.53. The molecule has 0 aliphatic rings. The van der Waals surface area contributed by atoms with Crippen LogP contribution in [0.15, 0.2) is 29.6 Å². The predicted octanol–water partition coefficient (Wildman–Crippen LogP) is -2.77. The summed E-state index contributed by atoms with van der Waals surface area (Å²) in [4.78, 5) is 15.3. The molecule has 0 aliphatic heterocycles. The number of hydrogen-bond acceptors (Lipinski definition) is 8. The highest BCUT2D eigenvalue weighted by Gasteiger charge is 2.29. The molecule has 0 radical (unpaired) electrons. The third kappa shape index (κ3) is 5.17. The van der Waals surface area contributed by atoms with Crippen molar-refractivity contribution in [3.63, 3.8) is 0 Å². The Kier molecular flexibility index (Phi) is 6.85. The van der Waals surface area contributed by atoms with E-state index in [1.165, 1.54) is 24.5 Å². The van der Waals surface area contributed by atoms with Gasteiger partial charge in [0.25, 0.3) is 5.91 Å². The van der Waals surface area contributed by atoms with Crippen LogP contribution in [-0.4, -0.2) is 73.7 Å². The molecule has 6 N–H and O–H groups in total. The monoisotopic (exact) mass is 299 g/mol. The van der Waals surface area contributed by atoms with Gasteiger partial charge in [0.2, 0.25) is 0 Å². The lowest BCUT2D eigenvalue weighted by Gasteiger charge is -2.23. The summed E-state index contributed by atoms with van der Waals surface area (Å²) < 4.78 is 0. The van der Waals surface area contributed by atoms with Crippen molar-refractivity contribution in [2.45, 2.75) is 24.4 Å². The van der Waals surface area contributed by atoms with Crippen LogP contribution >= 0.6 is 0 Å². The number of aliphatic hydroxyl groups excluding tert-OH is 5. The van der Waals surface area contributed by atoms with Crippen molar-refractivity contribution in [3.8, 4) is 0 Å². The highest BCUT2D eigenvalue weighted by Crippen LogP contribution is 2.03. The lowest BCUT2D eigenvalue weighted by molar-refractivity contribution is -0.0999. The first-order valence-electron chi connectivity index (χ1n) is 6.04. The van der Waals surface area contributed by atoms with Gasteiger partial charge in [0, 0.05) is 18.0 Å². The van der Waals surface area contributed by atoms with Gasteiger partial charge in [0.1, 0.15) is 24.4 Å². The predicted molar refractivity (Wildman–Crippen MR) is 71.3 cm³/mol. The topological polar surface area (TPSA) is 156 Å². The molecule has 1 heterocycles. The van der Waals surface area contributed by atoms with Gasteiger partial charge in [-0.15, -0.1) is 0 Å². The van der Waals surface area contributed by atoms with Crippen LogP contribution < -0.4 is 5.43 Å². The van der Waals surface area contributed by atoms with Crippen LogP contribution in [0, 0.1) is 0 Å². The van der Waals surface area contributed by atoms with Crippen molar-refractivity contribution in [3.05, 3.63) is 30.1 Å². The van der Waals surface area contributed by atoms with Crippen LogP contribution in [0.5, 0.6) is 0 Å². The van der Waals surface area contributed by atoms with Gasteiger partial charge < -0.3 is 25.5 Å². The second kappa shape index (κ2) is 8.39. The van der Waals surface area contributed by atoms with E-state index in [4.69, 9.17) is 10.2 Å². The largest absolute Gasteiger partial charge is 0.394 e. The Hall–Kier alpha value is -1.91. The molecule has 1 aromatic rings. The van der Waals surface area contributed by atoms with Crippen LogP contribution in [0.1, 0.15) is 10.4 Å². The Labute approximate surface area is 120 Å². The molecule has 9 nitrogen and oxygen atoms in total. The first-order chi connectivity index (χ1) is 9.97. The van der Waals surface area contributed by atoms with Crippen molar-refractivity contribution >= 4 is 12.1 Å². The normalized spacial score (nSPS) is 17.2. The molecule has 116 valence electrons. The van der Waals surface area contributed by atoms with Gasteiger partial charge >= 0.3 is 0 Å². The maximum Gasteiger partial charge on any atom is 0.271 e. The number of hydrogen-bond donors (Lipinski definition) is 6. The maximum atomic E-state index is 11.6. The number of carbonyl (C=O) groups is 1. The Morgan fingerprint density at radius 3 is 2.43 bits per heavy atom. The molecule has 21 heavy (non-hydrogen) atoms. The Morgan fingerprint density at radius 1 is 1.24 bits per heavy atom. The van der Waals surface area contributed by atoms with Crippen molar-refractivity contribution in [2.75, 3.05) is 6.61 Å². The van der Waals surface area contributed by atoms with E-state index < -0.39 is 36.9 Å². The highest BCUT2D eigenvalue weighted by molar-refractivity contribution is 5.94. The van der Waals surface area contributed by atoms with Gasteiger partial charge in [0.15, 0.2) is 0 Å². The quantitative estimate of drug-likeness (QED) is 0.235. The fraction of sp³-hybridized carbons (Fsp3) is 0.417. The number of nitrogens with one attached hydrogen (secondary N) is 1. The zero-order valence-electron chi connectivity index (χ0n) is 10.9. The number of rotatable bonds is 7. The molecule has 0 saturated heterocycles. The Morgan fingerprint density at radius 2 is 1.86 bits per heavy atom. The van der Waals surface area contributed by atoms with Gasteiger partial charge in [-0.1, -0.05) is 0 Å². The molecule has 1 aromatic heterocycles. The number of aromatic nitrogens is 1. The molecular weight excluding hydrogens is 282 g/mol. The van der Waals surface area contributed by atoms with Gasteiger partial charge in [0.05, 0.1) is 12.8 Å². The fourth-order valence-electron chi connectivity index (χ4n) is 1.37. The molecule has 1 rings (SSSR count). The SMILES string of the molecule is O=C(N/N=C/[C@@H](O)[C@@H](O)[C@H](O)[C@H](O)CO)c1ccncc1. The third-order valence-electron chi connectivity index (χ3n) is 2.62. The molecule has 9 heteroatoms. The van der Waals surface area contributed by atoms with E-state index in [1.807, 2.05) is 0 Å². The van der Waals surface area contributed by atoms with Crippen molar-refractivity contribution < 1.29 is 30.3 Å². The van der Waals surface area contributed by atoms with E-state index >= 15 is 0 Å². The summed E-state index contributed by atoms with van der Waals surface area (Å²) in [5, 5.41) is 49.5. The lowest BCUT2D eigenvalue weighted by atomic mass is 10.0. The molecule has 1 amide bonds. The Balaban J connectivity index is 2.51. The number of nitrogens with zero attached hydrogens (tertiary/aromatic N) is 2. The van der Waals surface area contributed by atoms with E-state index in [2.05, 4.69) is 15.5 Å². The van der Waals surface area contributed by atoms with Gasteiger partial charge in [-0.2, -0.15) is 5.10 Å². The summed E-state index contributed by atoms with van der Waals surface area (Å²) in [5.74, 6) is -0.550. The molecule has 0 aliphatic carbocycles. The minimum absolute atomic E-state index is 0.299. The third-order valence-corrected chi connectivity index (χ3v) is 2.62. The summed E-state index contributed by atoms with van der Waals surface area (Å²) in [7, 11) is 0. The average molecular weight is 299 g/mol. The zero-order valence-corrected chi connectivity index (χ0v) is 10.9. The van der Waals surface area contributed by atoms with Crippen LogP contribution in [-0.2, 0) is 0 Å². The van der Waals surface area contributed by atoms with Crippen LogP contribution in [0.3, 0.4) is 0 Å². The summed E-state index contributed by atoms with van der Waals surface area (Å²) in [5.41, 5.74) is 2.40. The minimum Gasteiger partial charge on any atom is -0.394 e. The standard InChI is InChI=1S/C12H17N3O6/c16-6-9(18)11(20)10(19)8(17)5-14-15-12(21)7-1-3-13-4-2-7/h1-5,8-11,16-20H,6H2,(H,15,21)/b14-5+/t8-,9-,10-,11-/m1/s1. The van der Waals surface area contributed by atoms with Gasteiger partial charge in [-0.25, -0.2) is 5.43 Å². The number of amides is 1. The molecule has 0 bridgehead atoms. The van der Waals surface area contributed by atoms with Crippen molar-refractivity contribution in [1.29, 1.82) is 0 Å². The maximum absolute atomic E-state index is 11.6. The van der Waals surface area contributed by atoms with E-state index in [0.717, 1.165) is 6.21 Å². The molecule has 4 atom stereocenters. The molecule has 0 spiro atoms. The van der Waals surface area contributed by atoms with E-state index in [-0.39, 0.29) is 0 Å². The minimum atomic E-state index is -1.77. The van der Waals surface area contributed by atoms with Crippen LogP contribution in [0.25, 0.3) is 0 Å². The summed E-state index contributed by atoms with van der Waals surface area (Å²) >= 11 is 0. The fourth-order valence-corrected chi connectivity index (χ4v) is 1.37. The highest BCUT2D eigenvalue weighted by atomic mass is 16.4. The molecule has 0 fully saturated rings. The molecule has 0 unspecified atom stereocenters.